The Morgan fingerprint density at radius 2 is 2.27 bits per heavy atom. The quantitative estimate of drug-likeness (QED) is 0.825. The fourth-order valence-electron chi connectivity index (χ4n) is 1.55. The smallest absolute Gasteiger partial charge is 0.220 e. The van der Waals surface area contributed by atoms with Crippen LogP contribution in [0.2, 0.25) is 5.02 Å². The monoisotopic (exact) mass is 241 g/mol. The molecule has 80 valence electrons. The van der Waals surface area contributed by atoms with Crippen molar-refractivity contribution in [1.82, 2.24) is 5.32 Å². The summed E-state index contributed by atoms with van der Waals surface area (Å²) >= 11 is 7.73. The zero-order chi connectivity index (χ0) is 10.7. The van der Waals surface area contributed by atoms with Gasteiger partial charge in [0.2, 0.25) is 5.91 Å². The molecule has 1 N–H and O–H groups in total. The molecule has 1 aliphatic heterocycles. The molecule has 1 aliphatic rings. The van der Waals surface area contributed by atoms with Crippen LogP contribution >= 0.6 is 23.4 Å². The maximum Gasteiger partial charge on any atom is 0.220 e. The molecule has 0 bridgehead atoms. The van der Waals surface area contributed by atoms with Crippen LogP contribution in [-0.2, 0) is 4.79 Å². The van der Waals surface area contributed by atoms with E-state index in [2.05, 4.69) is 5.32 Å². The minimum atomic E-state index is 0.166. The first kappa shape index (κ1) is 10.8. The Morgan fingerprint density at radius 3 is 2.93 bits per heavy atom. The van der Waals surface area contributed by atoms with E-state index in [1.807, 2.05) is 24.3 Å². The van der Waals surface area contributed by atoms with Crippen molar-refractivity contribution < 1.29 is 4.79 Å². The van der Waals surface area contributed by atoms with E-state index in [4.69, 9.17) is 11.6 Å². The second kappa shape index (κ2) is 4.90. The van der Waals surface area contributed by atoms with Crippen molar-refractivity contribution in [2.24, 2.45) is 0 Å². The summed E-state index contributed by atoms with van der Waals surface area (Å²) in [6.45, 7) is 0. The van der Waals surface area contributed by atoms with Gasteiger partial charge in [-0.1, -0.05) is 23.7 Å². The number of hydrogen-bond acceptors (Lipinski definition) is 2. The molecule has 0 aliphatic carbocycles. The summed E-state index contributed by atoms with van der Waals surface area (Å²) in [5, 5.41) is 3.72. The Kier molecular flexibility index (Phi) is 3.54. The summed E-state index contributed by atoms with van der Waals surface area (Å²) in [4.78, 5) is 12.1. The first-order valence-electron chi connectivity index (χ1n) is 4.92. The van der Waals surface area contributed by atoms with Crippen LogP contribution in [-0.4, -0.2) is 17.7 Å². The van der Waals surface area contributed by atoms with Crippen LogP contribution in [0.25, 0.3) is 0 Å². The minimum absolute atomic E-state index is 0.166. The molecule has 1 heterocycles. The molecule has 4 heteroatoms. The lowest BCUT2D eigenvalue weighted by molar-refractivity contribution is -0.119. The highest BCUT2D eigenvalue weighted by molar-refractivity contribution is 7.99. The maximum absolute atomic E-state index is 11.0. The molecular weight excluding hydrogens is 230 g/mol. The fraction of sp³-hybridized carbons (Fsp3) is 0.364. The van der Waals surface area contributed by atoms with Gasteiger partial charge in [0.15, 0.2) is 0 Å². The second-order valence-electron chi connectivity index (χ2n) is 3.54. The number of halogens is 1. The third kappa shape index (κ3) is 2.89. The Bertz CT molecular complexity index is 369. The highest BCUT2D eigenvalue weighted by Gasteiger charge is 2.20. The maximum atomic E-state index is 11.0. The first-order valence-corrected chi connectivity index (χ1v) is 6.29. The molecule has 2 nitrogen and oxygen atoms in total. The molecule has 0 unspecified atom stereocenters. The van der Waals surface area contributed by atoms with E-state index in [9.17, 15) is 4.79 Å². The van der Waals surface area contributed by atoms with Crippen molar-refractivity contribution >= 4 is 29.3 Å². The zero-order valence-corrected chi connectivity index (χ0v) is 9.77. The molecule has 1 fully saturated rings. The summed E-state index contributed by atoms with van der Waals surface area (Å²) in [5.74, 6) is 1.06. The van der Waals surface area contributed by atoms with Crippen molar-refractivity contribution in [2.75, 3.05) is 5.75 Å². The molecule has 1 amide bonds. The lowest BCUT2D eigenvalue weighted by atomic mass is 10.2. The highest BCUT2D eigenvalue weighted by atomic mass is 35.5. The Morgan fingerprint density at radius 1 is 1.47 bits per heavy atom. The van der Waals surface area contributed by atoms with Crippen LogP contribution in [0.1, 0.15) is 12.8 Å². The van der Waals surface area contributed by atoms with Gasteiger partial charge in [-0.2, -0.15) is 0 Å². The van der Waals surface area contributed by atoms with Gasteiger partial charge in [-0.25, -0.2) is 0 Å². The van der Waals surface area contributed by atoms with E-state index < -0.39 is 0 Å². The van der Waals surface area contributed by atoms with Gasteiger partial charge < -0.3 is 5.32 Å². The number of nitrogens with one attached hydrogen (secondary N) is 1. The number of carbonyl (C=O) groups is 1. The van der Waals surface area contributed by atoms with Gasteiger partial charge in [0, 0.05) is 23.1 Å². The van der Waals surface area contributed by atoms with E-state index in [0.29, 0.717) is 12.5 Å². The molecule has 0 saturated carbocycles. The topological polar surface area (TPSA) is 29.1 Å². The fourth-order valence-corrected chi connectivity index (χ4v) is 2.87. The van der Waals surface area contributed by atoms with Crippen molar-refractivity contribution in [3.8, 4) is 0 Å². The van der Waals surface area contributed by atoms with Gasteiger partial charge in [0.1, 0.15) is 0 Å². The normalized spacial score (nSPS) is 20.3. The average molecular weight is 242 g/mol. The van der Waals surface area contributed by atoms with Crippen LogP contribution in [0.5, 0.6) is 0 Å². The number of carbonyl (C=O) groups excluding carboxylic acids is 1. The lowest BCUT2D eigenvalue weighted by Crippen LogP contribution is -2.27. The third-order valence-electron chi connectivity index (χ3n) is 2.36. The molecule has 1 aromatic rings. The van der Waals surface area contributed by atoms with Crippen molar-refractivity contribution in [3.05, 3.63) is 29.3 Å². The van der Waals surface area contributed by atoms with Gasteiger partial charge in [-0.3, -0.25) is 4.79 Å². The van der Waals surface area contributed by atoms with Crippen LogP contribution in [0.4, 0.5) is 0 Å². The Labute approximate surface area is 98.4 Å². The summed E-state index contributed by atoms with van der Waals surface area (Å²) in [7, 11) is 0. The summed E-state index contributed by atoms with van der Waals surface area (Å²) in [6, 6.07) is 8.09. The van der Waals surface area contributed by atoms with Crippen molar-refractivity contribution in [3.63, 3.8) is 0 Å². The molecule has 15 heavy (non-hydrogen) atoms. The predicted molar refractivity (Wildman–Crippen MR) is 63.3 cm³/mol. The number of benzene rings is 1. The van der Waals surface area contributed by atoms with Gasteiger partial charge >= 0.3 is 0 Å². The lowest BCUT2D eigenvalue weighted by Gasteiger charge is -2.09. The summed E-state index contributed by atoms with van der Waals surface area (Å²) < 4.78 is 0. The summed E-state index contributed by atoms with van der Waals surface area (Å²) in [5.41, 5.74) is 0. The van der Waals surface area contributed by atoms with E-state index in [-0.39, 0.29) is 5.91 Å². The number of rotatable bonds is 3. The largest absolute Gasteiger partial charge is 0.353 e. The van der Waals surface area contributed by atoms with E-state index in [1.54, 1.807) is 11.8 Å². The van der Waals surface area contributed by atoms with Crippen molar-refractivity contribution in [1.29, 1.82) is 0 Å². The van der Waals surface area contributed by atoms with E-state index in [1.165, 1.54) is 0 Å². The second-order valence-corrected chi connectivity index (χ2v) is 5.01. The van der Waals surface area contributed by atoms with Crippen molar-refractivity contribution in [2.45, 2.75) is 23.8 Å². The average Bonchev–Trinajstić information content (AvgIpc) is 2.63. The van der Waals surface area contributed by atoms with Crippen LogP contribution < -0.4 is 5.32 Å². The summed E-state index contributed by atoms with van der Waals surface area (Å²) in [6.07, 6.45) is 1.60. The van der Waals surface area contributed by atoms with Gasteiger partial charge in [0.25, 0.3) is 0 Å². The van der Waals surface area contributed by atoms with Crippen LogP contribution in [0, 0.1) is 0 Å². The third-order valence-corrected chi connectivity index (χ3v) is 4.04. The Balaban J connectivity index is 1.88. The molecule has 2 rings (SSSR count). The molecular formula is C11H12ClNOS. The highest BCUT2D eigenvalue weighted by Crippen LogP contribution is 2.28. The van der Waals surface area contributed by atoms with Gasteiger partial charge in [-0.15, -0.1) is 11.8 Å². The number of amides is 1. The van der Waals surface area contributed by atoms with Crippen LogP contribution in [0.3, 0.4) is 0 Å². The zero-order valence-electron chi connectivity index (χ0n) is 8.20. The molecule has 0 spiro atoms. The molecule has 0 radical (unpaired) electrons. The molecule has 1 aromatic carbocycles. The Hall–Kier alpha value is -0.670. The molecule has 1 saturated heterocycles. The first-order chi connectivity index (χ1) is 7.25. The SMILES string of the molecule is O=C1CC[C@@H](CSc2ccccc2Cl)N1. The van der Waals surface area contributed by atoms with Gasteiger partial charge in [0.05, 0.1) is 5.02 Å². The minimum Gasteiger partial charge on any atom is -0.353 e. The van der Waals surface area contributed by atoms with Crippen LogP contribution in [0.15, 0.2) is 29.2 Å². The number of thioether (sulfide) groups is 1. The molecule has 0 aromatic heterocycles. The van der Waals surface area contributed by atoms with E-state index in [0.717, 1.165) is 22.1 Å². The standard InChI is InChI=1S/C11H12ClNOS/c12-9-3-1-2-4-10(9)15-7-8-5-6-11(14)13-8/h1-4,8H,5-7H2,(H,13,14)/t8-/m0/s1. The van der Waals surface area contributed by atoms with Gasteiger partial charge in [-0.05, 0) is 18.6 Å². The number of hydrogen-bond donors (Lipinski definition) is 1. The van der Waals surface area contributed by atoms with E-state index >= 15 is 0 Å². The predicted octanol–water partition coefficient (Wildman–Crippen LogP) is 2.71. The molecule has 1 atom stereocenters.